The van der Waals surface area contributed by atoms with E-state index in [9.17, 15) is 9.90 Å². The first kappa shape index (κ1) is 29.5. The van der Waals surface area contributed by atoms with Crippen LogP contribution in [-0.2, 0) is 19.0 Å². The Bertz CT molecular complexity index is 1310. The highest BCUT2D eigenvalue weighted by Gasteiger charge is 2.35. The van der Waals surface area contributed by atoms with E-state index in [0.29, 0.717) is 37.8 Å². The topological polar surface area (TPSA) is 85.5 Å². The molecule has 4 rings (SSSR count). The molecular weight excluding hydrogens is 562 g/mol. The lowest BCUT2D eigenvalue weighted by atomic mass is 9.92. The summed E-state index contributed by atoms with van der Waals surface area (Å²) in [5, 5.41) is 11.2. The predicted octanol–water partition coefficient (Wildman–Crippen LogP) is 5.64. The number of nitrogens with zero attached hydrogens (tertiary/aromatic N) is 3. The van der Waals surface area contributed by atoms with Gasteiger partial charge in [-0.2, -0.15) is 0 Å². The number of methoxy groups -OCH3 is 1. The quantitative estimate of drug-likeness (QED) is 0.238. The molecule has 1 N–H and O–H groups in total. The molecule has 1 aliphatic heterocycles. The van der Waals surface area contributed by atoms with Crippen molar-refractivity contribution in [2.24, 2.45) is 5.92 Å². The minimum atomic E-state index is -1.41. The SMILES string of the molecule is COC(=O)[C@@H](O)c1c(C)c(C)c2nc(-c3cccc(Br)c3)cn2c1N1CCC(C)(OCCOCC(C)C)CC1. The summed E-state index contributed by atoms with van der Waals surface area (Å²) < 4.78 is 19.9. The fraction of sp³-hybridized carbons (Fsp3) is 0.533. The first-order chi connectivity index (χ1) is 18.5. The number of aromatic nitrogens is 2. The van der Waals surface area contributed by atoms with Gasteiger partial charge in [-0.1, -0.05) is 41.9 Å². The number of anilines is 1. The van der Waals surface area contributed by atoms with E-state index in [4.69, 9.17) is 19.2 Å². The van der Waals surface area contributed by atoms with Crippen molar-refractivity contribution in [3.63, 3.8) is 0 Å². The summed E-state index contributed by atoms with van der Waals surface area (Å²) in [5.41, 5.74) is 4.61. The van der Waals surface area contributed by atoms with Crippen LogP contribution in [0.1, 0.15) is 56.4 Å². The summed E-state index contributed by atoms with van der Waals surface area (Å²) in [6, 6.07) is 8.01. The van der Waals surface area contributed by atoms with Gasteiger partial charge in [0, 0.05) is 41.5 Å². The highest BCUT2D eigenvalue weighted by molar-refractivity contribution is 9.10. The van der Waals surface area contributed by atoms with Crippen LogP contribution in [-0.4, -0.2) is 66.1 Å². The van der Waals surface area contributed by atoms with Crippen LogP contribution in [0.4, 0.5) is 5.82 Å². The number of esters is 1. The van der Waals surface area contributed by atoms with Gasteiger partial charge >= 0.3 is 5.97 Å². The number of ether oxygens (including phenoxy) is 3. The van der Waals surface area contributed by atoms with Crippen molar-refractivity contribution in [2.45, 2.75) is 59.2 Å². The Morgan fingerprint density at radius 1 is 1.18 bits per heavy atom. The summed E-state index contributed by atoms with van der Waals surface area (Å²) in [6.45, 7) is 13.6. The van der Waals surface area contributed by atoms with Crippen LogP contribution in [0, 0.1) is 19.8 Å². The Labute approximate surface area is 239 Å². The minimum absolute atomic E-state index is 0.270. The lowest BCUT2D eigenvalue weighted by Gasteiger charge is -2.41. The number of carbonyl (C=O) groups excluding carboxylic acids is 1. The van der Waals surface area contributed by atoms with Gasteiger partial charge < -0.3 is 24.2 Å². The van der Waals surface area contributed by atoms with Crippen molar-refractivity contribution in [2.75, 3.05) is 44.9 Å². The van der Waals surface area contributed by atoms with E-state index in [-0.39, 0.29) is 5.60 Å². The van der Waals surface area contributed by atoms with Crippen LogP contribution in [0.2, 0.25) is 0 Å². The van der Waals surface area contributed by atoms with Gasteiger partial charge in [0.25, 0.3) is 0 Å². The highest BCUT2D eigenvalue weighted by Crippen LogP contribution is 2.39. The maximum Gasteiger partial charge on any atom is 0.339 e. The Morgan fingerprint density at radius 3 is 2.54 bits per heavy atom. The molecule has 3 aromatic rings. The number of pyridine rings is 1. The number of rotatable bonds is 10. The van der Waals surface area contributed by atoms with E-state index < -0.39 is 12.1 Å². The maximum absolute atomic E-state index is 12.6. The van der Waals surface area contributed by atoms with Crippen molar-refractivity contribution < 1.29 is 24.1 Å². The van der Waals surface area contributed by atoms with E-state index in [1.54, 1.807) is 0 Å². The Morgan fingerprint density at radius 2 is 1.90 bits per heavy atom. The minimum Gasteiger partial charge on any atom is -0.467 e. The number of halogens is 1. The fourth-order valence-electron chi connectivity index (χ4n) is 5.14. The molecule has 0 unspecified atom stereocenters. The first-order valence-corrected chi connectivity index (χ1v) is 14.3. The van der Waals surface area contributed by atoms with Crippen LogP contribution in [0.15, 0.2) is 34.9 Å². The molecule has 1 atom stereocenters. The van der Waals surface area contributed by atoms with Gasteiger partial charge in [0.2, 0.25) is 0 Å². The summed E-state index contributed by atoms with van der Waals surface area (Å²) in [5.74, 6) is 0.583. The molecule has 1 saturated heterocycles. The van der Waals surface area contributed by atoms with Gasteiger partial charge in [0.15, 0.2) is 6.10 Å². The standard InChI is InChI=1S/C30H40BrN3O5/c1-19(2)18-38-14-15-39-30(5)10-12-33(13-11-30)28-25(26(35)29(36)37-6)20(3)21(4)27-32-24(17-34(27)28)22-8-7-9-23(31)16-22/h7-9,16-17,19,26,35H,10-15,18H2,1-6H3/t26-/m0/s1. The zero-order chi connectivity index (χ0) is 28.3. The average molecular weight is 603 g/mol. The molecule has 2 aromatic heterocycles. The molecule has 9 heteroatoms. The van der Waals surface area contributed by atoms with E-state index >= 15 is 0 Å². The van der Waals surface area contributed by atoms with Gasteiger partial charge in [-0.15, -0.1) is 0 Å². The molecule has 0 spiro atoms. The van der Waals surface area contributed by atoms with Gasteiger partial charge in [0.05, 0.1) is 31.6 Å². The fourth-order valence-corrected chi connectivity index (χ4v) is 5.54. The molecule has 3 heterocycles. The third kappa shape index (κ3) is 6.48. The number of hydrogen-bond donors (Lipinski definition) is 1. The molecule has 1 aliphatic rings. The number of aryl methyl sites for hydroxylation is 1. The van der Waals surface area contributed by atoms with E-state index in [2.05, 4.69) is 41.6 Å². The average Bonchev–Trinajstić information content (AvgIpc) is 3.35. The highest BCUT2D eigenvalue weighted by atomic mass is 79.9. The molecule has 8 nitrogen and oxygen atoms in total. The molecule has 0 radical (unpaired) electrons. The van der Waals surface area contributed by atoms with E-state index in [0.717, 1.165) is 57.8 Å². The van der Waals surface area contributed by atoms with Gasteiger partial charge in [-0.3, -0.25) is 4.40 Å². The summed E-state index contributed by atoms with van der Waals surface area (Å²) in [7, 11) is 1.29. The van der Waals surface area contributed by atoms with Crippen molar-refractivity contribution in [1.29, 1.82) is 0 Å². The number of carbonyl (C=O) groups is 1. The van der Waals surface area contributed by atoms with Crippen molar-refractivity contribution in [3.05, 3.63) is 51.6 Å². The van der Waals surface area contributed by atoms with Crippen molar-refractivity contribution in [1.82, 2.24) is 9.38 Å². The first-order valence-electron chi connectivity index (χ1n) is 13.5. The molecule has 0 aliphatic carbocycles. The Hall–Kier alpha value is -2.46. The Kier molecular flexibility index (Phi) is 9.37. The molecule has 0 amide bonds. The lowest BCUT2D eigenvalue weighted by Crippen LogP contribution is -2.46. The maximum atomic E-state index is 12.6. The van der Waals surface area contributed by atoms with Crippen LogP contribution in [0.5, 0.6) is 0 Å². The second-order valence-electron chi connectivity index (χ2n) is 11.0. The van der Waals surface area contributed by atoms with Crippen molar-refractivity contribution >= 4 is 33.4 Å². The van der Waals surface area contributed by atoms with Crippen LogP contribution < -0.4 is 4.90 Å². The van der Waals surface area contributed by atoms with Gasteiger partial charge in [-0.05, 0) is 62.8 Å². The number of benzene rings is 1. The summed E-state index contributed by atoms with van der Waals surface area (Å²) in [6.07, 6.45) is 2.18. The smallest absolute Gasteiger partial charge is 0.339 e. The molecule has 1 aromatic carbocycles. The number of hydrogen-bond acceptors (Lipinski definition) is 7. The largest absolute Gasteiger partial charge is 0.467 e. The second kappa shape index (κ2) is 12.4. The Balaban J connectivity index is 1.69. The lowest BCUT2D eigenvalue weighted by molar-refractivity contribution is -0.150. The second-order valence-corrected chi connectivity index (χ2v) is 11.9. The monoisotopic (exact) mass is 601 g/mol. The van der Waals surface area contributed by atoms with E-state index in [1.165, 1.54) is 7.11 Å². The number of imidazole rings is 1. The van der Waals surface area contributed by atoms with Crippen LogP contribution in [0.25, 0.3) is 16.9 Å². The normalized spacial score (nSPS) is 16.2. The number of aliphatic hydroxyl groups is 1. The summed E-state index contributed by atoms with van der Waals surface area (Å²) >= 11 is 3.56. The van der Waals surface area contributed by atoms with Gasteiger partial charge in [0.1, 0.15) is 11.5 Å². The molecule has 1 fully saturated rings. The van der Waals surface area contributed by atoms with E-state index in [1.807, 2.05) is 48.7 Å². The molecule has 0 saturated carbocycles. The molecule has 39 heavy (non-hydrogen) atoms. The number of fused-ring (bicyclic) bond motifs is 1. The third-order valence-corrected chi connectivity index (χ3v) is 8.04. The van der Waals surface area contributed by atoms with Gasteiger partial charge in [-0.25, -0.2) is 9.78 Å². The van der Waals surface area contributed by atoms with Crippen LogP contribution in [0.3, 0.4) is 0 Å². The molecule has 212 valence electrons. The third-order valence-electron chi connectivity index (χ3n) is 7.55. The molecular formula is C30H40BrN3O5. The zero-order valence-corrected chi connectivity index (χ0v) is 25.4. The molecule has 0 bridgehead atoms. The summed E-state index contributed by atoms with van der Waals surface area (Å²) in [4.78, 5) is 19.8. The zero-order valence-electron chi connectivity index (χ0n) is 23.8. The van der Waals surface area contributed by atoms with Crippen molar-refractivity contribution in [3.8, 4) is 11.3 Å². The number of piperidine rings is 1. The number of aliphatic hydroxyl groups excluding tert-OH is 1. The predicted molar refractivity (Wildman–Crippen MR) is 156 cm³/mol. The van der Waals surface area contributed by atoms with Crippen LogP contribution >= 0.6 is 15.9 Å².